The molecule has 0 rings (SSSR count). The van der Waals surface area contributed by atoms with E-state index < -0.39 is 6.10 Å². The monoisotopic (exact) mass is 967 g/mol. The minimum absolute atomic E-state index is 0.0347. The predicted molar refractivity (Wildman–Crippen MR) is 306 cm³/mol. The molecule has 0 spiro atoms. The highest BCUT2D eigenvalue weighted by Gasteiger charge is 2.17. The van der Waals surface area contributed by atoms with Crippen molar-refractivity contribution in [3.63, 3.8) is 0 Å². The van der Waals surface area contributed by atoms with Gasteiger partial charge in [0.1, 0.15) is 6.61 Å². The number of esters is 2. The van der Waals surface area contributed by atoms with E-state index >= 15 is 0 Å². The minimum atomic E-state index is -0.599. The van der Waals surface area contributed by atoms with Gasteiger partial charge in [0.15, 0.2) is 6.10 Å². The van der Waals surface area contributed by atoms with Crippen molar-refractivity contribution in [3.05, 3.63) is 134 Å². The van der Waals surface area contributed by atoms with Gasteiger partial charge in [0.25, 0.3) is 0 Å². The van der Waals surface area contributed by atoms with Crippen LogP contribution in [0.3, 0.4) is 0 Å². The molecule has 1 atom stereocenters. The Morgan fingerprint density at radius 2 is 0.643 bits per heavy atom. The Balaban J connectivity index is 4.45. The first-order valence-electron chi connectivity index (χ1n) is 28.7. The molecule has 0 fully saturated rings. The van der Waals surface area contributed by atoms with Crippen LogP contribution in [0.1, 0.15) is 239 Å². The molecule has 1 unspecified atom stereocenters. The zero-order chi connectivity index (χ0) is 50.6. The third-order valence-electron chi connectivity index (χ3n) is 11.7. The van der Waals surface area contributed by atoms with E-state index in [4.69, 9.17) is 14.2 Å². The first-order valence-corrected chi connectivity index (χ1v) is 28.7. The quantitative estimate of drug-likeness (QED) is 0.0345. The highest BCUT2D eigenvalue weighted by molar-refractivity contribution is 5.70. The summed E-state index contributed by atoms with van der Waals surface area (Å²) in [7, 11) is 0. The number of allylic oxidation sites excluding steroid dienone is 21. The Morgan fingerprint density at radius 3 is 1.03 bits per heavy atom. The average Bonchev–Trinajstić information content (AvgIpc) is 3.36. The number of hydrogen-bond acceptors (Lipinski definition) is 5. The smallest absolute Gasteiger partial charge is 0.306 e. The average molecular weight is 968 g/mol. The van der Waals surface area contributed by atoms with Crippen molar-refractivity contribution < 1.29 is 23.8 Å². The lowest BCUT2D eigenvalue weighted by atomic mass is 10.1. The molecule has 0 amide bonds. The maximum Gasteiger partial charge on any atom is 0.306 e. The third kappa shape index (κ3) is 56.6. The van der Waals surface area contributed by atoms with Gasteiger partial charge in [-0.3, -0.25) is 9.59 Å². The SMILES string of the molecule is CC/C=C\C/C=C\C/C=C\C/C=C\C/C=C\CCOCC(COC(=O)CCCCCCCC/C=C\C/C=C\C/C=C\CCCCC)OC(=O)CCCCCCCC/C=C\C/C=C\C/C=C\CCCCC. The fourth-order valence-electron chi connectivity index (χ4n) is 7.41. The van der Waals surface area contributed by atoms with Gasteiger partial charge in [0, 0.05) is 12.8 Å². The Hall–Kier alpha value is -3.96. The molecule has 70 heavy (non-hydrogen) atoms. The van der Waals surface area contributed by atoms with Crippen LogP contribution in [0, 0.1) is 0 Å². The second-order valence-corrected chi connectivity index (χ2v) is 18.4. The van der Waals surface area contributed by atoms with Gasteiger partial charge >= 0.3 is 11.9 Å². The van der Waals surface area contributed by atoms with Crippen molar-refractivity contribution in [1.82, 2.24) is 0 Å². The van der Waals surface area contributed by atoms with Crippen LogP contribution in [-0.2, 0) is 23.8 Å². The summed E-state index contributed by atoms with van der Waals surface area (Å²) in [6.07, 6.45) is 84.8. The molecule has 0 aliphatic heterocycles. The van der Waals surface area contributed by atoms with Crippen LogP contribution < -0.4 is 0 Å². The van der Waals surface area contributed by atoms with Crippen molar-refractivity contribution in [2.24, 2.45) is 0 Å². The van der Waals surface area contributed by atoms with Crippen molar-refractivity contribution in [2.75, 3.05) is 19.8 Å². The molecule has 0 saturated heterocycles. The molecular weight excluding hydrogens is 861 g/mol. The Labute approximate surface area is 432 Å². The summed E-state index contributed by atoms with van der Waals surface area (Å²) in [5.74, 6) is -0.473. The van der Waals surface area contributed by atoms with Gasteiger partial charge < -0.3 is 14.2 Å². The van der Waals surface area contributed by atoms with E-state index in [1.807, 2.05) is 0 Å². The lowest BCUT2D eigenvalue weighted by Gasteiger charge is -2.18. The number of ether oxygens (including phenoxy) is 3. The summed E-state index contributed by atoms with van der Waals surface area (Å²) in [5, 5.41) is 0. The standard InChI is InChI=1S/C65H106O5/c1-4-7-10-13-16-19-22-25-28-31-33-35-37-40-43-46-49-52-55-58-64(66)69-62-63(61-68-60-57-54-51-48-45-42-39-30-27-24-21-18-15-12-9-6-3)70-65(67)59-56-53-50-47-44-41-38-36-34-32-29-26-23-20-17-14-11-8-5-2/h9,12,16-21,25-30,33-36,42,45,51,54,63H,4-8,10-11,13-15,22-24,31-32,37-41,43-44,46-50,52-53,55-62H2,1-3H3/b12-9-,19-16-,20-17-,21-18-,28-25-,29-26-,30-27-,35-33-,36-34-,45-42-,54-51-. The van der Waals surface area contributed by atoms with Gasteiger partial charge in [-0.05, 0) is 128 Å². The summed E-state index contributed by atoms with van der Waals surface area (Å²) >= 11 is 0. The molecule has 0 aromatic heterocycles. The second kappa shape index (κ2) is 59.3. The number of rotatable bonds is 51. The van der Waals surface area contributed by atoms with E-state index in [0.717, 1.165) is 116 Å². The van der Waals surface area contributed by atoms with Gasteiger partial charge in [-0.1, -0.05) is 231 Å². The zero-order valence-electron chi connectivity index (χ0n) is 45.5. The minimum Gasteiger partial charge on any atom is -0.462 e. The normalized spacial score (nSPS) is 13.2. The lowest BCUT2D eigenvalue weighted by Crippen LogP contribution is -2.30. The zero-order valence-corrected chi connectivity index (χ0v) is 45.5. The van der Waals surface area contributed by atoms with Crippen LogP contribution >= 0.6 is 0 Å². The van der Waals surface area contributed by atoms with E-state index in [-0.39, 0.29) is 25.2 Å². The number of unbranched alkanes of at least 4 members (excludes halogenated alkanes) is 18. The van der Waals surface area contributed by atoms with E-state index in [2.05, 4.69) is 154 Å². The third-order valence-corrected chi connectivity index (χ3v) is 11.7. The molecule has 5 nitrogen and oxygen atoms in total. The maximum absolute atomic E-state index is 12.9. The van der Waals surface area contributed by atoms with E-state index in [1.165, 1.54) is 89.9 Å². The van der Waals surface area contributed by atoms with E-state index in [1.54, 1.807) is 0 Å². The summed E-state index contributed by atoms with van der Waals surface area (Å²) < 4.78 is 17.3. The first-order chi connectivity index (χ1) is 34.6. The molecule has 0 N–H and O–H groups in total. The summed E-state index contributed by atoms with van der Waals surface area (Å²) in [4.78, 5) is 25.5. The molecule has 0 bridgehead atoms. The summed E-state index contributed by atoms with van der Waals surface area (Å²) in [6.45, 7) is 7.42. The fraction of sp³-hybridized carbons (Fsp3) is 0.631. The van der Waals surface area contributed by atoms with Crippen molar-refractivity contribution in [1.29, 1.82) is 0 Å². The molecular formula is C65H106O5. The van der Waals surface area contributed by atoms with Crippen LogP contribution in [0.2, 0.25) is 0 Å². The van der Waals surface area contributed by atoms with Crippen LogP contribution in [0.5, 0.6) is 0 Å². The highest BCUT2D eigenvalue weighted by atomic mass is 16.6. The highest BCUT2D eigenvalue weighted by Crippen LogP contribution is 2.13. The Bertz CT molecular complexity index is 1470. The van der Waals surface area contributed by atoms with E-state index in [9.17, 15) is 9.59 Å². The summed E-state index contributed by atoms with van der Waals surface area (Å²) in [6, 6.07) is 0. The van der Waals surface area contributed by atoms with Crippen molar-refractivity contribution >= 4 is 11.9 Å². The molecule has 396 valence electrons. The number of carbonyl (C=O) groups is 2. The van der Waals surface area contributed by atoms with Gasteiger partial charge in [-0.25, -0.2) is 0 Å². The molecule has 5 heteroatoms. The van der Waals surface area contributed by atoms with Crippen LogP contribution in [0.15, 0.2) is 134 Å². The largest absolute Gasteiger partial charge is 0.462 e. The Kier molecular flexibility index (Phi) is 56.0. The van der Waals surface area contributed by atoms with Gasteiger partial charge in [0.05, 0.1) is 13.2 Å². The first kappa shape index (κ1) is 66.0. The molecule has 0 aromatic carbocycles. The number of hydrogen-bond donors (Lipinski definition) is 0. The van der Waals surface area contributed by atoms with Gasteiger partial charge in [0.2, 0.25) is 0 Å². The molecule has 0 aromatic rings. The van der Waals surface area contributed by atoms with Crippen molar-refractivity contribution in [2.45, 2.75) is 245 Å². The predicted octanol–water partition coefficient (Wildman–Crippen LogP) is 19.9. The second-order valence-electron chi connectivity index (χ2n) is 18.4. The Morgan fingerprint density at radius 1 is 0.329 bits per heavy atom. The molecule has 0 aliphatic carbocycles. The van der Waals surface area contributed by atoms with Gasteiger partial charge in [-0.15, -0.1) is 0 Å². The van der Waals surface area contributed by atoms with Crippen LogP contribution in [0.25, 0.3) is 0 Å². The molecule has 0 saturated carbocycles. The van der Waals surface area contributed by atoms with Crippen LogP contribution in [0.4, 0.5) is 0 Å². The lowest BCUT2D eigenvalue weighted by molar-refractivity contribution is -0.162. The molecule has 0 aliphatic rings. The maximum atomic E-state index is 12.9. The topological polar surface area (TPSA) is 61.8 Å². The van der Waals surface area contributed by atoms with Crippen LogP contribution in [-0.4, -0.2) is 37.9 Å². The van der Waals surface area contributed by atoms with Crippen molar-refractivity contribution in [3.8, 4) is 0 Å². The molecule has 0 radical (unpaired) electrons. The number of carbonyl (C=O) groups excluding carboxylic acids is 2. The summed E-state index contributed by atoms with van der Waals surface area (Å²) in [5.41, 5.74) is 0. The van der Waals surface area contributed by atoms with Gasteiger partial charge in [-0.2, -0.15) is 0 Å². The van der Waals surface area contributed by atoms with E-state index in [0.29, 0.717) is 19.4 Å². The molecule has 0 heterocycles. The fourth-order valence-corrected chi connectivity index (χ4v) is 7.41.